The second-order valence-electron chi connectivity index (χ2n) is 7.14. The molecule has 2 aromatic rings. The number of nitrogens with one attached hydrogen (secondary N) is 3. The van der Waals surface area contributed by atoms with Crippen molar-refractivity contribution in [1.29, 1.82) is 0 Å². The Labute approximate surface area is 176 Å². The fourth-order valence-electron chi connectivity index (χ4n) is 2.79. The van der Waals surface area contributed by atoms with E-state index in [4.69, 9.17) is 11.6 Å². The van der Waals surface area contributed by atoms with Gasteiger partial charge in [-0.25, -0.2) is 17.5 Å². The van der Waals surface area contributed by atoms with E-state index in [9.17, 15) is 12.8 Å². The molecular weight excluding hydrogens is 415 g/mol. The summed E-state index contributed by atoms with van der Waals surface area (Å²) >= 11 is 6.20. The van der Waals surface area contributed by atoms with Crippen molar-refractivity contribution >= 4 is 27.6 Å². The van der Waals surface area contributed by atoms with E-state index in [-0.39, 0.29) is 16.1 Å². The normalized spacial score (nSPS) is 12.7. The van der Waals surface area contributed by atoms with Crippen LogP contribution in [0, 0.1) is 5.82 Å². The summed E-state index contributed by atoms with van der Waals surface area (Å²) in [6.45, 7) is 4.90. The van der Waals surface area contributed by atoms with E-state index in [2.05, 4.69) is 20.3 Å². The molecule has 158 valence electrons. The molecule has 2 aromatic carbocycles. The van der Waals surface area contributed by atoms with Crippen molar-refractivity contribution in [2.75, 3.05) is 20.6 Å². The van der Waals surface area contributed by atoms with Crippen LogP contribution in [-0.2, 0) is 22.0 Å². The lowest BCUT2D eigenvalue weighted by atomic mass is 9.84. The van der Waals surface area contributed by atoms with Crippen molar-refractivity contribution in [2.45, 2.75) is 30.7 Å². The Morgan fingerprint density at radius 2 is 1.90 bits per heavy atom. The molecule has 2 rings (SSSR count). The lowest BCUT2D eigenvalue weighted by Gasteiger charge is -2.27. The van der Waals surface area contributed by atoms with Crippen LogP contribution in [-0.4, -0.2) is 35.0 Å². The summed E-state index contributed by atoms with van der Waals surface area (Å²) < 4.78 is 39.5. The second kappa shape index (κ2) is 9.56. The van der Waals surface area contributed by atoms with Gasteiger partial charge in [0.2, 0.25) is 10.0 Å². The standard InChI is InChI=1S/C20H26ClFN4O2S/c1-20(2,17-9-8-15(22)11-18(17)21)13-26-19(23-3)25-12-14-6-5-7-16(10-14)29(27,28)24-4/h5-11,24H,12-13H2,1-4H3,(H2,23,25,26). The van der Waals surface area contributed by atoms with Crippen LogP contribution in [0.2, 0.25) is 5.02 Å². The third-order valence-electron chi connectivity index (χ3n) is 4.52. The van der Waals surface area contributed by atoms with Gasteiger partial charge in [0.25, 0.3) is 0 Å². The average Bonchev–Trinajstić information content (AvgIpc) is 2.68. The summed E-state index contributed by atoms with van der Waals surface area (Å²) in [6, 6.07) is 11.0. The van der Waals surface area contributed by atoms with Crippen LogP contribution in [0.1, 0.15) is 25.0 Å². The van der Waals surface area contributed by atoms with Crippen molar-refractivity contribution < 1.29 is 12.8 Å². The van der Waals surface area contributed by atoms with Crippen LogP contribution >= 0.6 is 11.6 Å². The molecule has 0 amide bonds. The molecule has 6 nitrogen and oxygen atoms in total. The first-order valence-corrected chi connectivity index (χ1v) is 10.9. The molecule has 0 radical (unpaired) electrons. The lowest BCUT2D eigenvalue weighted by Crippen LogP contribution is -2.43. The highest BCUT2D eigenvalue weighted by molar-refractivity contribution is 7.89. The van der Waals surface area contributed by atoms with Crippen LogP contribution in [0.5, 0.6) is 0 Å². The van der Waals surface area contributed by atoms with Gasteiger partial charge in [0.15, 0.2) is 5.96 Å². The molecule has 9 heteroatoms. The molecule has 0 atom stereocenters. The number of aliphatic imine (C=N–C) groups is 1. The van der Waals surface area contributed by atoms with Crippen LogP contribution < -0.4 is 15.4 Å². The van der Waals surface area contributed by atoms with Gasteiger partial charge < -0.3 is 10.6 Å². The van der Waals surface area contributed by atoms with Gasteiger partial charge in [-0.05, 0) is 42.4 Å². The average molecular weight is 441 g/mol. The van der Waals surface area contributed by atoms with E-state index in [1.807, 2.05) is 19.9 Å². The van der Waals surface area contributed by atoms with Gasteiger partial charge in [-0.1, -0.05) is 43.6 Å². The summed E-state index contributed by atoms with van der Waals surface area (Å²) in [5.41, 5.74) is 1.25. The first-order chi connectivity index (χ1) is 13.6. The fourth-order valence-corrected chi connectivity index (χ4v) is 4.01. The lowest BCUT2D eigenvalue weighted by molar-refractivity contribution is 0.507. The number of sulfonamides is 1. The molecule has 0 aliphatic heterocycles. The van der Waals surface area contributed by atoms with Crippen LogP contribution in [0.3, 0.4) is 0 Å². The molecule has 0 saturated carbocycles. The highest BCUT2D eigenvalue weighted by Gasteiger charge is 2.24. The summed E-state index contributed by atoms with van der Waals surface area (Å²) in [4.78, 5) is 4.40. The molecular formula is C20H26ClFN4O2S. The van der Waals surface area contributed by atoms with Crippen molar-refractivity contribution in [1.82, 2.24) is 15.4 Å². The molecule has 29 heavy (non-hydrogen) atoms. The zero-order chi connectivity index (χ0) is 21.7. The zero-order valence-corrected chi connectivity index (χ0v) is 18.5. The molecule has 0 fully saturated rings. The van der Waals surface area contributed by atoms with Gasteiger partial charge in [0, 0.05) is 30.6 Å². The molecule has 0 aliphatic carbocycles. The smallest absolute Gasteiger partial charge is 0.240 e. The summed E-state index contributed by atoms with van der Waals surface area (Å²) in [6.07, 6.45) is 0. The van der Waals surface area contributed by atoms with Gasteiger partial charge in [0.1, 0.15) is 5.82 Å². The Morgan fingerprint density at radius 3 is 2.52 bits per heavy atom. The van der Waals surface area contributed by atoms with E-state index in [0.29, 0.717) is 24.1 Å². The number of guanidine groups is 1. The largest absolute Gasteiger partial charge is 0.356 e. The predicted octanol–water partition coefficient (Wildman–Crippen LogP) is 3.03. The Balaban J connectivity index is 2.02. The summed E-state index contributed by atoms with van der Waals surface area (Å²) in [5, 5.41) is 6.77. The Kier molecular flexibility index (Phi) is 7.62. The Morgan fingerprint density at radius 1 is 1.17 bits per heavy atom. The van der Waals surface area contributed by atoms with E-state index >= 15 is 0 Å². The number of halogens is 2. The zero-order valence-electron chi connectivity index (χ0n) is 16.9. The molecule has 0 bridgehead atoms. The van der Waals surface area contributed by atoms with Crippen molar-refractivity contribution in [2.24, 2.45) is 4.99 Å². The van der Waals surface area contributed by atoms with Gasteiger partial charge in [0.05, 0.1) is 4.90 Å². The van der Waals surface area contributed by atoms with E-state index < -0.39 is 10.0 Å². The third kappa shape index (κ3) is 6.16. The number of hydrogen-bond donors (Lipinski definition) is 3. The van der Waals surface area contributed by atoms with Gasteiger partial charge in [-0.15, -0.1) is 0 Å². The molecule has 0 aromatic heterocycles. The first kappa shape index (κ1) is 23.1. The quantitative estimate of drug-likeness (QED) is 0.456. The molecule has 0 unspecified atom stereocenters. The van der Waals surface area contributed by atoms with Crippen LogP contribution in [0.25, 0.3) is 0 Å². The van der Waals surface area contributed by atoms with Crippen LogP contribution in [0.4, 0.5) is 4.39 Å². The highest BCUT2D eigenvalue weighted by atomic mass is 35.5. The topological polar surface area (TPSA) is 82.6 Å². The van der Waals surface area contributed by atoms with Gasteiger partial charge in [-0.2, -0.15) is 0 Å². The minimum atomic E-state index is -3.50. The van der Waals surface area contributed by atoms with Crippen molar-refractivity contribution in [3.63, 3.8) is 0 Å². The minimum absolute atomic E-state index is 0.203. The maximum atomic E-state index is 13.3. The summed E-state index contributed by atoms with van der Waals surface area (Å²) in [7, 11) is -0.471. The SMILES string of the molecule is CN=C(NCc1cccc(S(=O)(=O)NC)c1)NCC(C)(C)c1ccc(F)cc1Cl. The molecule has 3 N–H and O–H groups in total. The van der Waals surface area contributed by atoms with Crippen LogP contribution in [0.15, 0.2) is 52.4 Å². The molecule has 0 heterocycles. The number of nitrogens with zero attached hydrogens (tertiary/aromatic N) is 1. The maximum absolute atomic E-state index is 13.3. The van der Waals surface area contributed by atoms with E-state index in [0.717, 1.165) is 11.1 Å². The van der Waals surface area contributed by atoms with Gasteiger partial charge in [-0.3, -0.25) is 4.99 Å². The molecule has 0 saturated heterocycles. The predicted molar refractivity (Wildman–Crippen MR) is 115 cm³/mol. The highest BCUT2D eigenvalue weighted by Crippen LogP contribution is 2.29. The van der Waals surface area contributed by atoms with Crippen molar-refractivity contribution in [3.05, 3.63) is 64.4 Å². The third-order valence-corrected chi connectivity index (χ3v) is 6.24. The summed E-state index contributed by atoms with van der Waals surface area (Å²) in [5.74, 6) is 0.181. The minimum Gasteiger partial charge on any atom is -0.356 e. The Bertz CT molecular complexity index is 994. The van der Waals surface area contributed by atoms with Gasteiger partial charge >= 0.3 is 0 Å². The Hall–Kier alpha value is -2.16. The maximum Gasteiger partial charge on any atom is 0.240 e. The molecule has 0 aliphatic rings. The number of benzene rings is 2. The van der Waals surface area contributed by atoms with E-state index in [1.165, 1.54) is 25.2 Å². The fraction of sp³-hybridized carbons (Fsp3) is 0.350. The number of hydrogen-bond acceptors (Lipinski definition) is 3. The monoisotopic (exact) mass is 440 g/mol. The molecule has 0 spiro atoms. The number of rotatable bonds is 7. The van der Waals surface area contributed by atoms with Crippen molar-refractivity contribution in [3.8, 4) is 0 Å². The van der Waals surface area contributed by atoms with E-state index in [1.54, 1.807) is 25.2 Å². The first-order valence-electron chi connectivity index (χ1n) is 9.01. The second-order valence-corrected chi connectivity index (χ2v) is 9.44.